The van der Waals surface area contributed by atoms with Crippen molar-refractivity contribution >= 4 is 28.4 Å². The highest BCUT2D eigenvalue weighted by molar-refractivity contribution is 6.21. The van der Waals surface area contributed by atoms with Gasteiger partial charge in [0.2, 0.25) is 0 Å². The van der Waals surface area contributed by atoms with Gasteiger partial charge in [-0.3, -0.25) is 14.5 Å². The number of rotatable bonds is 5. The second-order valence-corrected chi connectivity index (χ2v) is 7.65. The quantitative estimate of drug-likeness (QED) is 0.381. The summed E-state index contributed by atoms with van der Waals surface area (Å²) in [5, 5.41) is 20.9. The number of aromatic amines is 1. The minimum Gasteiger partial charge on any atom is -0.509 e. The van der Waals surface area contributed by atoms with Crippen LogP contribution in [0.3, 0.4) is 0 Å². The first-order valence-electron chi connectivity index (χ1n) is 9.67. The summed E-state index contributed by atoms with van der Waals surface area (Å²) in [6, 6.07) is 14.8. The predicted octanol–water partition coefficient (Wildman–Crippen LogP) is 4.07. The molecule has 2 heterocycles. The molecule has 1 aliphatic rings. The molecule has 4 rings (SSSR count). The van der Waals surface area contributed by atoms with E-state index in [1.165, 1.54) is 0 Å². The monoisotopic (exact) mass is 400 g/mol. The topological polar surface area (TPSA) is 110 Å². The van der Waals surface area contributed by atoms with Crippen LogP contribution in [0.4, 0.5) is 0 Å². The van der Waals surface area contributed by atoms with E-state index in [1.807, 2.05) is 38.1 Å². The Kier molecular flexibility index (Phi) is 4.84. The number of nitrogens with one attached hydrogen (secondary N) is 1. The largest absolute Gasteiger partial charge is 0.509 e. The van der Waals surface area contributed by atoms with Gasteiger partial charge in [0.25, 0.3) is 11.8 Å². The molecule has 0 radical (unpaired) electrons. The second-order valence-electron chi connectivity index (χ2n) is 7.65. The lowest BCUT2D eigenvalue weighted by Crippen LogP contribution is -2.42. The molecule has 2 N–H and O–H groups in total. The zero-order chi connectivity index (χ0) is 21.4. The van der Waals surface area contributed by atoms with Gasteiger partial charge in [-0.1, -0.05) is 38.1 Å². The number of fused-ring (bicyclic) bond motifs is 2. The van der Waals surface area contributed by atoms with Crippen LogP contribution in [0.15, 0.2) is 54.3 Å². The molecule has 0 saturated carbocycles. The summed E-state index contributed by atoms with van der Waals surface area (Å²) >= 11 is 0. The van der Waals surface area contributed by atoms with Crippen LogP contribution in [-0.2, 0) is 0 Å². The zero-order valence-electron chi connectivity index (χ0n) is 16.6. The highest BCUT2D eigenvalue weighted by atomic mass is 16.3. The number of carbonyl (C=O) groups is 2. The van der Waals surface area contributed by atoms with Gasteiger partial charge in [0.15, 0.2) is 5.82 Å². The van der Waals surface area contributed by atoms with E-state index in [1.54, 1.807) is 30.3 Å². The molecule has 2 aromatic carbocycles. The Morgan fingerprint density at radius 1 is 1.10 bits per heavy atom. The van der Waals surface area contributed by atoms with Crippen molar-refractivity contribution in [2.24, 2.45) is 5.92 Å². The molecule has 2 amide bonds. The summed E-state index contributed by atoms with van der Waals surface area (Å²) in [5.74, 6) is -1.05. The summed E-state index contributed by atoms with van der Waals surface area (Å²) in [6.45, 7) is 3.84. The lowest BCUT2D eigenvalue weighted by atomic mass is 9.98. The van der Waals surface area contributed by atoms with Crippen molar-refractivity contribution in [2.45, 2.75) is 26.3 Å². The fraction of sp³-hybridized carbons (Fsp3) is 0.217. The molecule has 0 aliphatic carbocycles. The molecule has 0 unspecified atom stereocenters. The summed E-state index contributed by atoms with van der Waals surface area (Å²) in [7, 11) is 0. The molecule has 1 atom stereocenters. The van der Waals surface area contributed by atoms with Crippen molar-refractivity contribution in [1.29, 1.82) is 5.26 Å². The number of nitriles is 1. The second kappa shape index (κ2) is 7.48. The Morgan fingerprint density at radius 3 is 2.27 bits per heavy atom. The number of imidazole rings is 1. The number of H-pyrrole nitrogens is 1. The predicted molar refractivity (Wildman–Crippen MR) is 111 cm³/mol. The van der Waals surface area contributed by atoms with Gasteiger partial charge in [-0.15, -0.1) is 0 Å². The third-order valence-corrected chi connectivity index (χ3v) is 5.14. The van der Waals surface area contributed by atoms with Crippen LogP contribution in [0.1, 0.15) is 46.8 Å². The number of hydrogen-bond donors (Lipinski definition) is 2. The Labute approximate surface area is 173 Å². The van der Waals surface area contributed by atoms with E-state index in [0.29, 0.717) is 28.6 Å². The van der Waals surface area contributed by atoms with Crippen LogP contribution in [0.25, 0.3) is 16.6 Å². The van der Waals surface area contributed by atoms with Gasteiger partial charge >= 0.3 is 0 Å². The first-order valence-corrected chi connectivity index (χ1v) is 9.67. The highest BCUT2D eigenvalue weighted by Crippen LogP contribution is 2.32. The van der Waals surface area contributed by atoms with Crippen molar-refractivity contribution < 1.29 is 14.7 Å². The molecule has 1 aromatic heterocycles. The van der Waals surface area contributed by atoms with E-state index < -0.39 is 17.9 Å². The Hall–Kier alpha value is -3.92. The van der Waals surface area contributed by atoms with E-state index in [-0.39, 0.29) is 23.1 Å². The molecular weight excluding hydrogens is 380 g/mol. The number of para-hydroxylation sites is 2. The van der Waals surface area contributed by atoms with Crippen molar-refractivity contribution in [3.8, 4) is 6.07 Å². The van der Waals surface area contributed by atoms with Crippen molar-refractivity contribution in [2.75, 3.05) is 0 Å². The Morgan fingerprint density at radius 2 is 1.70 bits per heavy atom. The fourth-order valence-electron chi connectivity index (χ4n) is 3.75. The SMILES string of the molecule is CC(C)C[C@@H](C(O)=C(C#N)c1nc2ccccc2[nH]1)N1C(=O)c2ccccc2C1=O. The molecular formula is C23H20N4O3. The summed E-state index contributed by atoms with van der Waals surface area (Å²) in [4.78, 5) is 34.4. The van der Waals surface area contributed by atoms with Crippen LogP contribution in [0, 0.1) is 17.2 Å². The van der Waals surface area contributed by atoms with Crippen molar-refractivity contribution in [3.63, 3.8) is 0 Å². The van der Waals surface area contributed by atoms with E-state index in [0.717, 1.165) is 4.90 Å². The number of aliphatic hydroxyl groups excluding tert-OH is 1. The van der Waals surface area contributed by atoms with Gasteiger partial charge in [-0.2, -0.15) is 5.26 Å². The Bertz CT molecular complexity index is 1160. The number of hydrogen-bond acceptors (Lipinski definition) is 5. The van der Waals surface area contributed by atoms with E-state index in [4.69, 9.17) is 0 Å². The van der Waals surface area contributed by atoms with Crippen LogP contribution < -0.4 is 0 Å². The van der Waals surface area contributed by atoms with Gasteiger partial charge in [0.05, 0.1) is 28.2 Å². The van der Waals surface area contributed by atoms with E-state index in [2.05, 4.69) is 9.97 Å². The number of aliphatic hydroxyl groups is 1. The molecule has 0 spiro atoms. The van der Waals surface area contributed by atoms with Crippen molar-refractivity contribution in [3.05, 3.63) is 71.2 Å². The molecule has 1 aliphatic heterocycles. The number of benzene rings is 2. The fourth-order valence-corrected chi connectivity index (χ4v) is 3.75. The minimum absolute atomic E-state index is 0.0529. The number of nitrogens with zero attached hydrogens (tertiary/aromatic N) is 3. The lowest BCUT2D eigenvalue weighted by Gasteiger charge is -2.27. The molecule has 0 bridgehead atoms. The van der Waals surface area contributed by atoms with Gasteiger partial charge in [-0.25, -0.2) is 4.98 Å². The standard InChI is InChI=1S/C23H20N4O3/c1-13(2)11-19(27-22(29)14-7-3-4-8-15(14)23(27)30)20(28)16(12-24)21-25-17-9-5-6-10-18(17)26-21/h3-10,13,19,28H,11H2,1-2H3,(H,25,26)/t19-/m0/s1. The maximum absolute atomic E-state index is 13.0. The number of aromatic nitrogens is 2. The van der Waals surface area contributed by atoms with Crippen molar-refractivity contribution in [1.82, 2.24) is 14.9 Å². The van der Waals surface area contributed by atoms with Gasteiger partial charge in [-0.05, 0) is 36.6 Å². The van der Waals surface area contributed by atoms with Gasteiger partial charge in [0.1, 0.15) is 17.4 Å². The summed E-state index contributed by atoms with van der Waals surface area (Å²) < 4.78 is 0. The number of allylic oxidation sites excluding steroid dienone is 1. The number of imide groups is 1. The third kappa shape index (κ3) is 3.12. The maximum atomic E-state index is 13.0. The first-order chi connectivity index (χ1) is 14.4. The van der Waals surface area contributed by atoms with Gasteiger partial charge in [0, 0.05) is 0 Å². The molecule has 30 heavy (non-hydrogen) atoms. The van der Waals surface area contributed by atoms with Crippen LogP contribution in [0.2, 0.25) is 0 Å². The van der Waals surface area contributed by atoms with Gasteiger partial charge < -0.3 is 10.1 Å². The zero-order valence-corrected chi connectivity index (χ0v) is 16.6. The molecule has 150 valence electrons. The van der Waals surface area contributed by atoms with E-state index in [9.17, 15) is 20.0 Å². The maximum Gasteiger partial charge on any atom is 0.262 e. The molecule has 0 fully saturated rings. The average molecular weight is 400 g/mol. The lowest BCUT2D eigenvalue weighted by molar-refractivity contribution is 0.0558. The normalized spacial score (nSPS) is 15.3. The molecule has 3 aromatic rings. The van der Waals surface area contributed by atoms with Crippen LogP contribution >= 0.6 is 0 Å². The Balaban J connectivity index is 1.83. The molecule has 7 heteroatoms. The smallest absolute Gasteiger partial charge is 0.262 e. The highest BCUT2D eigenvalue weighted by Gasteiger charge is 2.42. The average Bonchev–Trinajstić information content (AvgIpc) is 3.26. The minimum atomic E-state index is -0.972. The number of carbonyl (C=O) groups excluding carboxylic acids is 2. The number of amides is 2. The summed E-state index contributed by atoms with van der Waals surface area (Å²) in [5.41, 5.74) is 1.87. The van der Waals surface area contributed by atoms with Crippen LogP contribution in [0.5, 0.6) is 0 Å². The van der Waals surface area contributed by atoms with E-state index >= 15 is 0 Å². The molecule has 7 nitrogen and oxygen atoms in total. The first kappa shape index (κ1) is 19.4. The molecule has 0 saturated heterocycles. The van der Waals surface area contributed by atoms with Crippen LogP contribution in [-0.4, -0.2) is 37.8 Å². The summed E-state index contributed by atoms with van der Waals surface area (Å²) in [6.07, 6.45) is 0.308. The third-order valence-electron chi connectivity index (χ3n) is 5.14.